The molecule has 0 saturated heterocycles. The van der Waals surface area contributed by atoms with Gasteiger partial charge in [-0.3, -0.25) is 6.08 Å². The summed E-state index contributed by atoms with van der Waals surface area (Å²) in [6.45, 7) is 6.49. The molecule has 109 valence electrons. The smallest absolute Gasteiger partial charge is 1.00 e. The molecule has 1 rings (SSSR count). The van der Waals surface area contributed by atoms with Crippen molar-refractivity contribution in [2.24, 2.45) is 0 Å². The fourth-order valence-corrected chi connectivity index (χ4v) is 0.876. The molecular formula is C13H24Cl2NOSiTi. The second-order valence-electron chi connectivity index (χ2n) is 3.46. The summed E-state index contributed by atoms with van der Waals surface area (Å²) in [5.41, 5.74) is 6.52. The molecule has 0 aromatic rings. The van der Waals surface area contributed by atoms with Gasteiger partial charge in [0, 0.05) is 15.4 Å². The summed E-state index contributed by atoms with van der Waals surface area (Å²) in [7, 11) is 0.750. The van der Waals surface area contributed by atoms with Crippen molar-refractivity contribution in [1.29, 1.82) is 0 Å². The zero-order valence-electron chi connectivity index (χ0n) is 12.0. The van der Waals surface area contributed by atoms with Crippen molar-refractivity contribution in [3.8, 4) is 0 Å². The Kier molecular flexibility index (Phi) is 51.9. The van der Waals surface area contributed by atoms with E-state index in [0.29, 0.717) is 6.42 Å². The van der Waals surface area contributed by atoms with Crippen LogP contribution in [0.25, 0.3) is 5.73 Å². The Hall–Kier alpha value is 0.461. The first kappa shape index (κ1) is 31.7. The van der Waals surface area contributed by atoms with Crippen LogP contribution in [0.15, 0.2) is 18.2 Å². The Labute approximate surface area is 148 Å². The van der Waals surface area contributed by atoms with E-state index in [0.717, 1.165) is 35.2 Å². The first-order valence-corrected chi connectivity index (χ1v) is 8.20. The minimum absolute atomic E-state index is 0. The van der Waals surface area contributed by atoms with E-state index in [9.17, 15) is 4.79 Å². The van der Waals surface area contributed by atoms with Gasteiger partial charge in [-0.2, -0.15) is 6.08 Å². The van der Waals surface area contributed by atoms with Gasteiger partial charge in [0.15, 0.2) is 0 Å². The molecule has 0 atom stereocenters. The molecule has 0 aromatic carbocycles. The number of amides is 1. The molecular weight excluding hydrogens is 333 g/mol. The number of nitrogens with one attached hydrogen (secondary N) is 1. The zero-order chi connectivity index (χ0) is 12.6. The first-order chi connectivity index (χ1) is 7.68. The predicted octanol–water partition coefficient (Wildman–Crippen LogP) is -2.02. The molecule has 0 heterocycles. The van der Waals surface area contributed by atoms with Crippen LogP contribution in [0.1, 0.15) is 39.0 Å². The van der Waals surface area contributed by atoms with Gasteiger partial charge in [0.25, 0.3) is 0 Å². The van der Waals surface area contributed by atoms with Gasteiger partial charge < -0.3 is 35.3 Å². The van der Waals surface area contributed by atoms with Gasteiger partial charge in [0.05, 0.1) is 0 Å². The van der Waals surface area contributed by atoms with E-state index in [1.54, 1.807) is 0 Å². The molecule has 1 radical (unpaired) electrons. The third-order valence-corrected chi connectivity index (χ3v) is 1.59. The van der Waals surface area contributed by atoms with Crippen molar-refractivity contribution >= 4 is 15.4 Å². The molecule has 19 heavy (non-hydrogen) atoms. The molecule has 0 aliphatic heterocycles. The van der Waals surface area contributed by atoms with Crippen molar-refractivity contribution in [1.82, 2.24) is 0 Å². The summed E-state index contributed by atoms with van der Waals surface area (Å²) in [6, 6.07) is 0. The minimum Gasteiger partial charge on any atom is -1.00 e. The fraction of sp³-hybridized carbons (Fsp3) is 0.615. The van der Waals surface area contributed by atoms with Gasteiger partial charge in [0.2, 0.25) is 0 Å². The van der Waals surface area contributed by atoms with Crippen LogP contribution in [0, 0.1) is 6.08 Å². The summed E-state index contributed by atoms with van der Waals surface area (Å²) in [6.07, 6.45) is 13.5. The molecule has 1 aliphatic rings. The molecule has 2 nitrogen and oxygen atoms in total. The molecule has 0 saturated carbocycles. The minimum atomic E-state index is -0.432. The molecule has 0 unspecified atom stereocenters. The van der Waals surface area contributed by atoms with Gasteiger partial charge in [-0.15, -0.1) is 6.42 Å². The number of allylic oxidation sites excluding steroid dienone is 4. The number of carbonyl (C=O) groups is 1. The third kappa shape index (κ3) is 45.7. The summed E-state index contributed by atoms with van der Waals surface area (Å²) < 4.78 is 0. The normalized spacial score (nSPS) is 9.42. The van der Waals surface area contributed by atoms with Gasteiger partial charge in [0.1, 0.15) is 0 Å². The molecule has 0 fully saturated rings. The van der Waals surface area contributed by atoms with Gasteiger partial charge in [-0.25, -0.2) is 12.2 Å². The van der Waals surface area contributed by atoms with Crippen LogP contribution >= 0.6 is 0 Å². The Balaban J connectivity index is -0.0000000522. The summed E-state index contributed by atoms with van der Waals surface area (Å²) in [5, 5.41) is 0. The topological polar surface area (TPSA) is 40.9 Å². The van der Waals surface area contributed by atoms with E-state index < -0.39 is 5.91 Å². The van der Waals surface area contributed by atoms with Crippen LogP contribution in [-0.4, -0.2) is 15.4 Å². The van der Waals surface area contributed by atoms with Crippen LogP contribution in [0.5, 0.6) is 0 Å². The number of rotatable bonds is 4. The molecule has 0 spiro atoms. The predicted molar refractivity (Wildman–Crippen MR) is 73.9 cm³/mol. The van der Waals surface area contributed by atoms with Crippen LogP contribution in [0.3, 0.4) is 0 Å². The van der Waals surface area contributed by atoms with Gasteiger partial charge >= 0.3 is 21.7 Å². The van der Waals surface area contributed by atoms with Crippen molar-refractivity contribution in [2.75, 3.05) is 0 Å². The van der Waals surface area contributed by atoms with E-state index in [1.807, 2.05) is 12.2 Å². The summed E-state index contributed by atoms with van der Waals surface area (Å²) >= 11 is 0. The standard InChI is InChI=1S/C6H13NO.C5H5.C2H7Si.2ClH.Ti/c1-2-3-4-5-6(7)8;1-2-4-5-3-1;1-3-2;;;/h2-5H2,1H3,(H2,7,8);1-3H,4H2;3H,1-2H3;2*1H;/q;-1;;;;+4/p-3. The molecule has 6 heteroatoms. The van der Waals surface area contributed by atoms with Crippen LogP contribution in [0.2, 0.25) is 13.1 Å². The van der Waals surface area contributed by atoms with Crippen molar-refractivity contribution in [2.45, 2.75) is 52.1 Å². The largest absolute Gasteiger partial charge is 4.00 e. The Morgan fingerprint density at radius 2 is 1.84 bits per heavy atom. The second kappa shape index (κ2) is 31.1. The first-order valence-electron chi connectivity index (χ1n) is 5.89. The number of unbranched alkanes of at least 4 members (excludes halogenated alkanes) is 2. The Morgan fingerprint density at radius 3 is 2.05 bits per heavy atom. The Bertz CT molecular complexity index is 205. The average molecular weight is 357 g/mol. The fourth-order valence-electron chi connectivity index (χ4n) is 0.876. The van der Waals surface area contributed by atoms with Crippen molar-refractivity contribution in [3.63, 3.8) is 0 Å². The molecule has 0 aromatic heterocycles. The van der Waals surface area contributed by atoms with Crippen LogP contribution in [-0.2, 0) is 26.5 Å². The van der Waals surface area contributed by atoms with E-state index in [4.69, 9.17) is 5.73 Å². The molecule has 0 bridgehead atoms. The van der Waals surface area contributed by atoms with Gasteiger partial charge in [-0.1, -0.05) is 32.9 Å². The third-order valence-electron chi connectivity index (χ3n) is 1.59. The maximum absolute atomic E-state index is 9.99. The number of carbonyl (C=O) groups excluding carboxylic acids is 1. The van der Waals surface area contributed by atoms with Crippen LogP contribution < -0.4 is 24.8 Å². The molecule has 1 amide bonds. The van der Waals surface area contributed by atoms with E-state index >= 15 is 0 Å². The molecule has 1 N–H and O–H groups in total. The van der Waals surface area contributed by atoms with Gasteiger partial charge in [-0.05, 0) is 12.8 Å². The summed E-state index contributed by atoms with van der Waals surface area (Å²) in [4.78, 5) is 9.99. The quantitative estimate of drug-likeness (QED) is 0.325. The van der Waals surface area contributed by atoms with Crippen molar-refractivity contribution < 1.29 is 51.3 Å². The number of hydrogen-bond acceptors (Lipinski definition) is 1. The SMILES string of the molecule is CCCCCC([NH-])=O.C[SiH]C.[C-]1=CC=CC1.[Cl-].[Cl-].[Ti+4]. The number of hydrogen-bond donors (Lipinski definition) is 0. The Morgan fingerprint density at radius 1 is 1.32 bits per heavy atom. The monoisotopic (exact) mass is 356 g/mol. The van der Waals surface area contributed by atoms with Crippen LogP contribution in [0.4, 0.5) is 0 Å². The zero-order valence-corrected chi connectivity index (χ0v) is 16.2. The van der Waals surface area contributed by atoms with Crippen molar-refractivity contribution in [3.05, 3.63) is 30.0 Å². The maximum atomic E-state index is 9.99. The van der Waals surface area contributed by atoms with E-state index in [2.05, 4.69) is 32.2 Å². The maximum Gasteiger partial charge on any atom is 4.00 e. The van der Waals surface area contributed by atoms with E-state index in [1.165, 1.54) is 0 Å². The second-order valence-corrected chi connectivity index (χ2v) is 4.62. The number of halogens is 2. The molecule has 1 aliphatic carbocycles. The van der Waals surface area contributed by atoms with E-state index in [-0.39, 0.29) is 46.5 Å². The summed E-state index contributed by atoms with van der Waals surface area (Å²) in [5.74, 6) is -0.432. The average Bonchev–Trinajstić information content (AvgIpc) is 2.76.